The molecule has 3 N–H and O–H groups in total. The van der Waals surface area contributed by atoms with Crippen LogP contribution in [0, 0.1) is 0 Å². The van der Waals surface area contributed by atoms with Gasteiger partial charge < -0.3 is 15.7 Å². The van der Waals surface area contributed by atoms with Crippen LogP contribution in [0.2, 0.25) is 0 Å². The van der Waals surface area contributed by atoms with Crippen molar-refractivity contribution >= 4 is 22.7 Å². The molecule has 4 aromatic rings. The van der Waals surface area contributed by atoms with Gasteiger partial charge >= 0.3 is 0 Å². The molecule has 164 valence electrons. The number of hydrogen-bond donors (Lipinski definition) is 3. The van der Waals surface area contributed by atoms with E-state index < -0.39 is 6.10 Å². The first-order valence-corrected chi connectivity index (χ1v) is 10.8. The second-order valence-corrected chi connectivity index (χ2v) is 7.91. The van der Waals surface area contributed by atoms with E-state index in [2.05, 4.69) is 37.7 Å². The Morgan fingerprint density at radius 1 is 1.22 bits per heavy atom. The van der Waals surface area contributed by atoms with Gasteiger partial charge in [-0.1, -0.05) is 6.07 Å². The van der Waals surface area contributed by atoms with Crippen LogP contribution in [0.15, 0.2) is 47.5 Å². The summed E-state index contributed by atoms with van der Waals surface area (Å²) in [5.74, 6) is 0.415. The third-order valence-electron chi connectivity index (χ3n) is 5.76. The minimum absolute atomic E-state index is 0.161. The van der Waals surface area contributed by atoms with Crippen LogP contribution in [0.4, 0.5) is 11.6 Å². The zero-order valence-corrected chi connectivity index (χ0v) is 18.0. The molecule has 0 saturated heterocycles. The molecule has 5 rings (SSSR count). The van der Waals surface area contributed by atoms with Crippen molar-refractivity contribution in [2.45, 2.75) is 39.5 Å². The van der Waals surface area contributed by atoms with Gasteiger partial charge in [0.1, 0.15) is 5.39 Å². The third-order valence-corrected chi connectivity index (χ3v) is 5.76. The van der Waals surface area contributed by atoms with Crippen molar-refractivity contribution in [3.05, 3.63) is 69.9 Å². The number of anilines is 2. The number of benzene rings is 1. The highest BCUT2D eigenvalue weighted by atomic mass is 16.3. The standard InChI is InChI=1S/C23H25N7O2/c1-3-29-22(32)19-13-26-23(27-17-5-4-16-12-24-8-6-15(16)10-17)28-21(19)30(29)18-7-9-25-20(11-18)14(2)31/h4-5,7,9-11,13-14,24,31H,3,6,8,12H2,1-2H3,(H,26,27,28). The quantitative estimate of drug-likeness (QED) is 0.445. The Balaban J connectivity index is 1.60. The van der Waals surface area contributed by atoms with Gasteiger partial charge in [-0.25, -0.2) is 14.3 Å². The van der Waals surface area contributed by atoms with E-state index in [0.29, 0.717) is 34.9 Å². The number of nitrogens with zero attached hydrogens (tertiary/aromatic N) is 5. The monoisotopic (exact) mass is 431 g/mol. The SMILES string of the molecule is CCn1c(=O)c2cnc(Nc3ccc4c(c3)CCNC4)nc2n1-c1ccnc(C(C)O)c1. The van der Waals surface area contributed by atoms with Gasteiger partial charge in [0.05, 0.1) is 17.5 Å². The molecule has 9 nitrogen and oxygen atoms in total. The van der Waals surface area contributed by atoms with Gasteiger partial charge in [-0.15, -0.1) is 0 Å². The Labute approximate surface area is 184 Å². The topological polar surface area (TPSA) is 110 Å². The van der Waals surface area contributed by atoms with E-state index in [1.807, 2.05) is 13.0 Å². The first-order chi connectivity index (χ1) is 15.5. The smallest absolute Gasteiger partial charge is 0.278 e. The molecule has 1 aliphatic heterocycles. The van der Waals surface area contributed by atoms with Gasteiger partial charge in [0.25, 0.3) is 5.56 Å². The molecule has 0 spiro atoms. The number of fused-ring (bicyclic) bond motifs is 2. The summed E-state index contributed by atoms with van der Waals surface area (Å²) in [5, 5.41) is 17.0. The lowest BCUT2D eigenvalue weighted by Gasteiger charge is -2.18. The minimum Gasteiger partial charge on any atom is -0.387 e. The predicted molar refractivity (Wildman–Crippen MR) is 122 cm³/mol. The van der Waals surface area contributed by atoms with E-state index in [0.717, 1.165) is 25.2 Å². The molecule has 0 bridgehead atoms. The van der Waals surface area contributed by atoms with Crippen molar-refractivity contribution in [2.24, 2.45) is 0 Å². The predicted octanol–water partition coefficient (Wildman–Crippen LogP) is 2.44. The first-order valence-electron chi connectivity index (χ1n) is 10.8. The number of aliphatic hydroxyl groups excluding tert-OH is 1. The van der Waals surface area contributed by atoms with Crippen molar-refractivity contribution in [1.29, 1.82) is 0 Å². The zero-order valence-electron chi connectivity index (χ0n) is 18.0. The van der Waals surface area contributed by atoms with E-state index in [4.69, 9.17) is 0 Å². The number of pyridine rings is 1. The van der Waals surface area contributed by atoms with Crippen molar-refractivity contribution in [1.82, 2.24) is 29.6 Å². The van der Waals surface area contributed by atoms with E-state index in [1.54, 1.807) is 40.8 Å². The van der Waals surface area contributed by atoms with E-state index in [1.165, 1.54) is 11.1 Å². The molecular weight excluding hydrogens is 406 g/mol. The molecule has 1 aromatic carbocycles. The zero-order chi connectivity index (χ0) is 22.2. The number of rotatable bonds is 5. The lowest BCUT2D eigenvalue weighted by atomic mass is 10.0. The second kappa shape index (κ2) is 8.18. The van der Waals surface area contributed by atoms with Gasteiger partial charge in [0, 0.05) is 31.2 Å². The number of nitrogens with one attached hydrogen (secondary N) is 2. The molecule has 1 unspecified atom stereocenters. The molecule has 9 heteroatoms. The lowest BCUT2D eigenvalue weighted by molar-refractivity contribution is 0.194. The Morgan fingerprint density at radius 3 is 2.91 bits per heavy atom. The Bertz CT molecular complexity index is 1360. The van der Waals surface area contributed by atoms with Crippen LogP contribution >= 0.6 is 0 Å². The van der Waals surface area contributed by atoms with Crippen molar-refractivity contribution in [3.63, 3.8) is 0 Å². The van der Waals surface area contributed by atoms with Gasteiger partial charge in [-0.2, -0.15) is 4.98 Å². The molecule has 0 radical (unpaired) electrons. The number of aromatic nitrogens is 5. The maximum Gasteiger partial charge on any atom is 0.278 e. The summed E-state index contributed by atoms with van der Waals surface area (Å²) in [5.41, 5.74) is 5.09. The van der Waals surface area contributed by atoms with Crippen LogP contribution < -0.4 is 16.2 Å². The molecule has 0 aliphatic carbocycles. The van der Waals surface area contributed by atoms with Crippen molar-refractivity contribution in [2.75, 3.05) is 11.9 Å². The molecule has 1 aliphatic rings. The first kappa shape index (κ1) is 20.3. The second-order valence-electron chi connectivity index (χ2n) is 7.91. The number of aliphatic hydroxyl groups is 1. The Morgan fingerprint density at radius 2 is 2.09 bits per heavy atom. The van der Waals surface area contributed by atoms with Crippen LogP contribution in [-0.4, -0.2) is 36.0 Å². The summed E-state index contributed by atoms with van der Waals surface area (Å²) in [6.45, 7) is 5.88. The number of hydrogen-bond acceptors (Lipinski definition) is 7. The molecule has 4 heterocycles. The largest absolute Gasteiger partial charge is 0.387 e. The maximum absolute atomic E-state index is 13.0. The fraction of sp³-hybridized carbons (Fsp3) is 0.304. The highest BCUT2D eigenvalue weighted by molar-refractivity contribution is 5.77. The molecule has 32 heavy (non-hydrogen) atoms. The molecule has 0 fully saturated rings. The molecular formula is C23H25N7O2. The lowest BCUT2D eigenvalue weighted by Crippen LogP contribution is -2.23. The van der Waals surface area contributed by atoms with Crippen molar-refractivity contribution in [3.8, 4) is 5.69 Å². The van der Waals surface area contributed by atoms with Gasteiger partial charge in [0.15, 0.2) is 5.65 Å². The summed E-state index contributed by atoms with van der Waals surface area (Å²) in [4.78, 5) is 26.3. The summed E-state index contributed by atoms with van der Waals surface area (Å²) in [6.07, 6.45) is 3.45. The van der Waals surface area contributed by atoms with Crippen LogP contribution in [-0.2, 0) is 19.5 Å². The summed E-state index contributed by atoms with van der Waals surface area (Å²) in [7, 11) is 0. The van der Waals surface area contributed by atoms with Crippen LogP contribution in [0.25, 0.3) is 16.7 Å². The van der Waals surface area contributed by atoms with Crippen LogP contribution in [0.1, 0.15) is 36.8 Å². The minimum atomic E-state index is -0.718. The highest BCUT2D eigenvalue weighted by Gasteiger charge is 2.18. The molecule has 0 saturated carbocycles. The Hall–Kier alpha value is -3.56. The van der Waals surface area contributed by atoms with Gasteiger partial charge in [0.2, 0.25) is 5.95 Å². The fourth-order valence-electron chi connectivity index (χ4n) is 4.12. The Kier molecular flexibility index (Phi) is 5.20. The summed E-state index contributed by atoms with van der Waals surface area (Å²) < 4.78 is 3.37. The summed E-state index contributed by atoms with van der Waals surface area (Å²) in [6, 6.07) is 9.82. The normalized spacial score (nSPS) is 14.3. The average molecular weight is 432 g/mol. The van der Waals surface area contributed by atoms with Crippen molar-refractivity contribution < 1.29 is 5.11 Å². The maximum atomic E-state index is 13.0. The third kappa shape index (κ3) is 3.55. The van der Waals surface area contributed by atoms with E-state index >= 15 is 0 Å². The average Bonchev–Trinajstić information content (AvgIpc) is 3.10. The van der Waals surface area contributed by atoms with E-state index in [9.17, 15) is 9.90 Å². The fourth-order valence-corrected chi connectivity index (χ4v) is 4.12. The molecule has 1 atom stereocenters. The molecule has 3 aromatic heterocycles. The van der Waals surface area contributed by atoms with Gasteiger partial charge in [-0.05, 0) is 62.2 Å². The highest BCUT2D eigenvalue weighted by Crippen LogP contribution is 2.23. The van der Waals surface area contributed by atoms with Crippen LogP contribution in [0.5, 0.6) is 0 Å². The van der Waals surface area contributed by atoms with Gasteiger partial charge in [-0.3, -0.25) is 9.78 Å². The van der Waals surface area contributed by atoms with Crippen LogP contribution in [0.3, 0.4) is 0 Å². The molecule has 0 amide bonds. The van der Waals surface area contributed by atoms with E-state index in [-0.39, 0.29) is 5.56 Å². The summed E-state index contributed by atoms with van der Waals surface area (Å²) >= 11 is 0.